The maximum Gasteiger partial charge on any atom is 0.318 e. The number of halogens is 1. The van der Waals surface area contributed by atoms with Gasteiger partial charge < -0.3 is 24.4 Å². The van der Waals surface area contributed by atoms with E-state index in [9.17, 15) is 14.0 Å². The predicted molar refractivity (Wildman–Crippen MR) is 127 cm³/mol. The Kier molecular flexibility index (Phi) is 7.59. The number of aromatic nitrogens is 1. The molecule has 1 aliphatic heterocycles. The number of nitrogens with one attached hydrogen (secondary N) is 1. The summed E-state index contributed by atoms with van der Waals surface area (Å²) in [6, 6.07) is 19.0. The van der Waals surface area contributed by atoms with E-state index in [1.165, 1.54) is 11.0 Å². The van der Waals surface area contributed by atoms with Crippen LogP contribution >= 0.6 is 0 Å². The van der Waals surface area contributed by atoms with E-state index < -0.39 is 6.04 Å². The molecule has 1 aromatic heterocycles. The second kappa shape index (κ2) is 11.0. The molecule has 0 aliphatic carbocycles. The van der Waals surface area contributed by atoms with E-state index in [-0.39, 0.29) is 30.8 Å². The highest BCUT2D eigenvalue weighted by Crippen LogP contribution is 2.33. The Morgan fingerprint density at radius 2 is 1.82 bits per heavy atom. The lowest BCUT2D eigenvalue weighted by Crippen LogP contribution is -2.50. The zero-order chi connectivity index (χ0) is 23.9. The average molecular weight is 465 g/mol. The summed E-state index contributed by atoms with van der Waals surface area (Å²) in [5, 5.41) is 2.88. The Bertz CT molecular complexity index is 1120. The van der Waals surface area contributed by atoms with E-state index in [0.29, 0.717) is 31.8 Å². The Morgan fingerprint density at radius 3 is 2.59 bits per heavy atom. The van der Waals surface area contributed by atoms with Crippen LogP contribution in [0.25, 0.3) is 0 Å². The lowest BCUT2D eigenvalue weighted by atomic mass is 9.99. The Hall–Kier alpha value is -3.65. The zero-order valence-electron chi connectivity index (χ0n) is 19.2. The van der Waals surface area contributed by atoms with Crippen LogP contribution in [0, 0.1) is 5.82 Å². The highest BCUT2D eigenvalue weighted by molar-refractivity contribution is 5.84. The lowest BCUT2D eigenvalue weighted by Gasteiger charge is -2.38. The maximum absolute atomic E-state index is 14.8. The number of nitrogens with zero attached hydrogens (tertiary/aromatic N) is 3. The van der Waals surface area contributed by atoms with Crippen LogP contribution in [0.2, 0.25) is 0 Å². The second-order valence-corrected chi connectivity index (χ2v) is 8.20. The van der Waals surface area contributed by atoms with E-state index in [1.54, 1.807) is 30.2 Å². The van der Waals surface area contributed by atoms with Crippen molar-refractivity contribution in [3.63, 3.8) is 0 Å². The number of ether oxygens (including phenoxy) is 1. The third kappa shape index (κ3) is 5.28. The number of hydrogen-bond donors (Lipinski definition) is 1. The van der Waals surface area contributed by atoms with Gasteiger partial charge in [0, 0.05) is 50.7 Å². The van der Waals surface area contributed by atoms with Gasteiger partial charge >= 0.3 is 6.03 Å². The number of carbonyl (C=O) groups excluding carboxylic acids is 2. The second-order valence-electron chi connectivity index (χ2n) is 8.20. The first-order valence-corrected chi connectivity index (χ1v) is 11.3. The molecule has 0 bridgehead atoms. The van der Waals surface area contributed by atoms with Crippen molar-refractivity contribution in [3.8, 4) is 0 Å². The molecule has 1 aliphatic rings. The van der Waals surface area contributed by atoms with Crippen LogP contribution in [0.15, 0.2) is 72.9 Å². The summed E-state index contributed by atoms with van der Waals surface area (Å²) in [5.74, 6) is -0.608. The van der Waals surface area contributed by atoms with Crippen LogP contribution in [0.5, 0.6) is 0 Å². The smallest absolute Gasteiger partial charge is 0.318 e. The van der Waals surface area contributed by atoms with Crippen molar-refractivity contribution in [1.29, 1.82) is 0 Å². The first kappa shape index (κ1) is 23.5. The SMILES string of the molecule is COCCN(CC(=O)N1CCn2cccc2C1c1ccccc1F)C(=O)NCc1ccccc1. The molecular weight excluding hydrogens is 435 g/mol. The Balaban J connectivity index is 1.52. The van der Waals surface area contributed by atoms with Crippen molar-refractivity contribution in [1.82, 2.24) is 19.7 Å². The first-order chi connectivity index (χ1) is 16.6. The molecular formula is C26H29FN4O3. The van der Waals surface area contributed by atoms with Gasteiger partial charge in [0.15, 0.2) is 0 Å². The van der Waals surface area contributed by atoms with E-state index in [2.05, 4.69) is 5.32 Å². The van der Waals surface area contributed by atoms with Gasteiger partial charge in [-0.1, -0.05) is 48.5 Å². The van der Waals surface area contributed by atoms with Gasteiger partial charge in [0.2, 0.25) is 5.91 Å². The monoisotopic (exact) mass is 464 g/mol. The summed E-state index contributed by atoms with van der Waals surface area (Å²) in [6.45, 7) is 1.81. The summed E-state index contributed by atoms with van der Waals surface area (Å²) in [5.41, 5.74) is 2.25. The summed E-state index contributed by atoms with van der Waals surface area (Å²) < 4.78 is 22.0. The fraction of sp³-hybridized carbons (Fsp3) is 0.308. The van der Waals surface area contributed by atoms with Gasteiger partial charge in [0.25, 0.3) is 0 Å². The Labute approximate surface area is 198 Å². The summed E-state index contributed by atoms with van der Waals surface area (Å²) in [7, 11) is 1.55. The van der Waals surface area contributed by atoms with Crippen LogP contribution in [-0.2, 0) is 22.6 Å². The van der Waals surface area contributed by atoms with Gasteiger partial charge in [-0.2, -0.15) is 0 Å². The number of urea groups is 1. The van der Waals surface area contributed by atoms with E-state index >= 15 is 0 Å². The van der Waals surface area contributed by atoms with Crippen molar-refractivity contribution in [2.24, 2.45) is 0 Å². The van der Waals surface area contributed by atoms with E-state index in [1.807, 2.05) is 53.2 Å². The minimum absolute atomic E-state index is 0.129. The van der Waals surface area contributed by atoms with Gasteiger partial charge in [-0.3, -0.25) is 4.79 Å². The van der Waals surface area contributed by atoms with Crippen LogP contribution < -0.4 is 5.32 Å². The van der Waals surface area contributed by atoms with Crippen LogP contribution in [0.1, 0.15) is 22.9 Å². The molecule has 7 nitrogen and oxygen atoms in total. The van der Waals surface area contributed by atoms with Gasteiger partial charge in [-0.05, 0) is 23.8 Å². The number of benzene rings is 2. The standard InChI is InChI=1S/C26H29FN4O3/c1-34-17-16-30(26(33)28-18-20-8-3-2-4-9-20)19-24(32)31-15-14-29-13-7-12-23(29)25(31)21-10-5-6-11-22(21)27/h2-13,25H,14-19H2,1H3,(H,28,33). The molecule has 0 spiro atoms. The summed E-state index contributed by atoms with van der Waals surface area (Å²) in [4.78, 5) is 29.5. The third-order valence-electron chi connectivity index (χ3n) is 6.02. The van der Waals surface area contributed by atoms with Crippen LogP contribution in [-0.4, -0.2) is 59.7 Å². The molecule has 0 fully saturated rings. The molecule has 3 aromatic rings. The molecule has 8 heteroatoms. The van der Waals surface area contributed by atoms with Crippen molar-refractivity contribution < 1.29 is 18.7 Å². The third-order valence-corrected chi connectivity index (χ3v) is 6.02. The fourth-order valence-corrected chi connectivity index (χ4v) is 4.27. The zero-order valence-corrected chi connectivity index (χ0v) is 19.2. The molecule has 0 saturated heterocycles. The molecule has 3 amide bonds. The molecule has 0 radical (unpaired) electrons. The molecule has 2 heterocycles. The molecule has 0 saturated carbocycles. The minimum Gasteiger partial charge on any atom is -0.383 e. The number of carbonyl (C=O) groups is 2. The van der Waals surface area contributed by atoms with Gasteiger partial charge in [-0.25, -0.2) is 9.18 Å². The average Bonchev–Trinajstić information content (AvgIpc) is 3.34. The molecule has 4 rings (SSSR count). The van der Waals surface area contributed by atoms with Gasteiger partial charge in [0.1, 0.15) is 18.4 Å². The number of rotatable bonds is 8. The number of fused-ring (bicyclic) bond motifs is 1. The van der Waals surface area contributed by atoms with Crippen molar-refractivity contribution in [3.05, 3.63) is 95.6 Å². The lowest BCUT2D eigenvalue weighted by molar-refractivity contribution is -0.134. The molecule has 178 valence electrons. The number of hydrogen-bond acceptors (Lipinski definition) is 3. The maximum atomic E-state index is 14.8. The molecule has 1 unspecified atom stereocenters. The minimum atomic E-state index is -0.561. The molecule has 2 aromatic carbocycles. The van der Waals surface area contributed by atoms with E-state index in [0.717, 1.165) is 11.3 Å². The van der Waals surface area contributed by atoms with Crippen molar-refractivity contribution >= 4 is 11.9 Å². The highest BCUT2D eigenvalue weighted by Gasteiger charge is 2.34. The van der Waals surface area contributed by atoms with Crippen molar-refractivity contribution in [2.45, 2.75) is 19.1 Å². The topological polar surface area (TPSA) is 66.8 Å². The van der Waals surface area contributed by atoms with Gasteiger partial charge in [0.05, 0.1) is 6.61 Å². The molecule has 1 N–H and O–H groups in total. The van der Waals surface area contributed by atoms with E-state index in [4.69, 9.17) is 4.74 Å². The fourth-order valence-electron chi connectivity index (χ4n) is 4.27. The van der Waals surface area contributed by atoms with Crippen molar-refractivity contribution in [2.75, 3.05) is 33.4 Å². The summed E-state index contributed by atoms with van der Waals surface area (Å²) in [6.07, 6.45) is 1.94. The quantitative estimate of drug-likeness (QED) is 0.556. The molecule has 34 heavy (non-hydrogen) atoms. The van der Waals surface area contributed by atoms with Crippen LogP contribution in [0.3, 0.4) is 0 Å². The normalized spacial score (nSPS) is 15.0. The van der Waals surface area contributed by atoms with Gasteiger partial charge in [-0.15, -0.1) is 0 Å². The number of amides is 3. The Morgan fingerprint density at radius 1 is 1.06 bits per heavy atom. The summed E-state index contributed by atoms with van der Waals surface area (Å²) >= 11 is 0. The molecule has 1 atom stereocenters. The van der Waals surface area contributed by atoms with Crippen LogP contribution in [0.4, 0.5) is 9.18 Å². The number of methoxy groups -OCH3 is 1. The predicted octanol–water partition coefficient (Wildman–Crippen LogP) is 3.42. The largest absolute Gasteiger partial charge is 0.383 e. The first-order valence-electron chi connectivity index (χ1n) is 11.3. The highest BCUT2D eigenvalue weighted by atomic mass is 19.1.